The second-order valence-electron chi connectivity index (χ2n) is 4.22. The molecule has 2 aromatic rings. The highest BCUT2D eigenvalue weighted by atomic mass is 16.1. The summed E-state index contributed by atoms with van der Waals surface area (Å²) in [4.78, 5) is 11.8. The lowest BCUT2D eigenvalue weighted by atomic mass is 10.1. The minimum atomic E-state index is -0.100. The molecule has 0 bridgehead atoms. The summed E-state index contributed by atoms with van der Waals surface area (Å²) in [6.45, 7) is 1.53. The van der Waals surface area contributed by atoms with Crippen LogP contribution in [-0.2, 0) is 6.54 Å². The molecule has 0 saturated carbocycles. The topological polar surface area (TPSA) is 57.8 Å². The van der Waals surface area contributed by atoms with Gasteiger partial charge in [-0.3, -0.25) is 4.79 Å². The zero-order valence-electron chi connectivity index (χ0n) is 10.5. The zero-order valence-corrected chi connectivity index (χ0v) is 10.5. The minimum Gasteiger partial charge on any atom is -0.354 e. The molecule has 0 atom stereocenters. The van der Waals surface area contributed by atoms with Crippen molar-refractivity contribution < 1.29 is 4.79 Å². The number of benzene rings is 1. The Hall–Kier alpha value is -2.54. The molecule has 2 rings (SSSR count). The molecule has 0 aliphatic carbocycles. The van der Waals surface area contributed by atoms with Crippen molar-refractivity contribution in [2.75, 3.05) is 6.54 Å². The number of nitriles is 1. The summed E-state index contributed by atoms with van der Waals surface area (Å²) in [6, 6.07) is 12.6. The molecular formula is C15H15N3O. The molecule has 19 heavy (non-hydrogen) atoms. The largest absolute Gasteiger partial charge is 0.354 e. The molecule has 0 unspecified atom stereocenters. The summed E-state index contributed by atoms with van der Waals surface area (Å²) in [7, 11) is 0. The van der Waals surface area contributed by atoms with Crippen molar-refractivity contribution in [1.29, 1.82) is 5.26 Å². The normalized spacial score (nSPS) is 9.84. The van der Waals surface area contributed by atoms with Gasteiger partial charge in [-0.1, -0.05) is 0 Å². The van der Waals surface area contributed by atoms with Gasteiger partial charge in [0.05, 0.1) is 11.6 Å². The highest BCUT2D eigenvalue weighted by molar-refractivity contribution is 5.94. The van der Waals surface area contributed by atoms with Crippen LogP contribution in [0.3, 0.4) is 0 Å². The highest BCUT2D eigenvalue weighted by Crippen LogP contribution is 2.03. The summed E-state index contributed by atoms with van der Waals surface area (Å²) in [5.74, 6) is -0.100. The number of amides is 1. The van der Waals surface area contributed by atoms with Gasteiger partial charge in [-0.25, -0.2) is 0 Å². The van der Waals surface area contributed by atoms with E-state index in [2.05, 4.69) is 9.88 Å². The van der Waals surface area contributed by atoms with Gasteiger partial charge in [-0.2, -0.15) is 5.26 Å². The average Bonchev–Trinajstić information content (AvgIpc) is 2.96. The van der Waals surface area contributed by atoms with Gasteiger partial charge in [-0.15, -0.1) is 0 Å². The van der Waals surface area contributed by atoms with Crippen LogP contribution in [0.25, 0.3) is 0 Å². The summed E-state index contributed by atoms with van der Waals surface area (Å²) in [6.07, 6.45) is 4.89. The Bertz CT molecular complexity index is 564. The highest BCUT2D eigenvalue weighted by Gasteiger charge is 2.04. The number of aryl methyl sites for hydroxylation is 1. The van der Waals surface area contributed by atoms with Crippen LogP contribution in [-0.4, -0.2) is 17.0 Å². The predicted molar refractivity (Wildman–Crippen MR) is 72.5 cm³/mol. The Balaban J connectivity index is 1.76. The first-order chi connectivity index (χ1) is 9.29. The fourth-order valence-electron chi connectivity index (χ4n) is 1.78. The third-order valence-corrected chi connectivity index (χ3v) is 2.82. The van der Waals surface area contributed by atoms with E-state index in [0.717, 1.165) is 13.0 Å². The van der Waals surface area contributed by atoms with E-state index in [-0.39, 0.29) is 5.91 Å². The van der Waals surface area contributed by atoms with Crippen molar-refractivity contribution in [3.8, 4) is 6.07 Å². The van der Waals surface area contributed by atoms with E-state index in [4.69, 9.17) is 5.26 Å². The average molecular weight is 253 g/mol. The Morgan fingerprint density at radius 3 is 2.53 bits per heavy atom. The van der Waals surface area contributed by atoms with Crippen molar-refractivity contribution in [3.63, 3.8) is 0 Å². The number of hydrogen-bond donors (Lipinski definition) is 1. The molecule has 0 saturated heterocycles. The van der Waals surface area contributed by atoms with E-state index in [1.54, 1.807) is 24.3 Å². The Morgan fingerprint density at radius 1 is 1.21 bits per heavy atom. The van der Waals surface area contributed by atoms with Crippen LogP contribution >= 0.6 is 0 Å². The second-order valence-corrected chi connectivity index (χ2v) is 4.22. The zero-order chi connectivity index (χ0) is 13.5. The minimum absolute atomic E-state index is 0.100. The third kappa shape index (κ3) is 3.71. The predicted octanol–water partition coefficient (Wildman–Crippen LogP) is 2.18. The summed E-state index contributed by atoms with van der Waals surface area (Å²) >= 11 is 0. The SMILES string of the molecule is N#Cc1ccc(C(=O)NCCCn2cccc2)cc1. The van der Waals surface area contributed by atoms with Crippen LogP contribution in [0.2, 0.25) is 0 Å². The molecular weight excluding hydrogens is 238 g/mol. The molecule has 0 aliphatic rings. The van der Waals surface area contributed by atoms with E-state index in [1.807, 2.05) is 30.6 Å². The van der Waals surface area contributed by atoms with Gasteiger partial charge in [0.25, 0.3) is 5.91 Å². The molecule has 1 aromatic heterocycles. The third-order valence-electron chi connectivity index (χ3n) is 2.82. The van der Waals surface area contributed by atoms with Crippen molar-refractivity contribution in [2.45, 2.75) is 13.0 Å². The van der Waals surface area contributed by atoms with Gasteiger partial charge in [-0.05, 0) is 42.8 Å². The molecule has 4 heteroatoms. The van der Waals surface area contributed by atoms with Crippen molar-refractivity contribution in [1.82, 2.24) is 9.88 Å². The lowest BCUT2D eigenvalue weighted by Crippen LogP contribution is -2.25. The molecule has 0 radical (unpaired) electrons. The van der Waals surface area contributed by atoms with Crippen molar-refractivity contribution in [3.05, 3.63) is 59.9 Å². The Morgan fingerprint density at radius 2 is 1.89 bits per heavy atom. The van der Waals surface area contributed by atoms with E-state index >= 15 is 0 Å². The van der Waals surface area contributed by atoms with Gasteiger partial charge in [0, 0.05) is 31.0 Å². The van der Waals surface area contributed by atoms with Crippen LogP contribution in [0.4, 0.5) is 0 Å². The van der Waals surface area contributed by atoms with Crippen LogP contribution in [0, 0.1) is 11.3 Å². The number of rotatable bonds is 5. The first-order valence-electron chi connectivity index (χ1n) is 6.19. The summed E-state index contributed by atoms with van der Waals surface area (Å²) in [5, 5.41) is 11.5. The molecule has 1 amide bonds. The van der Waals surface area contributed by atoms with Gasteiger partial charge in [0.1, 0.15) is 0 Å². The smallest absolute Gasteiger partial charge is 0.251 e. The first-order valence-corrected chi connectivity index (χ1v) is 6.19. The lowest BCUT2D eigenvalue weighted by Gasteiger charge is -2.06. The standard InChI is InChI=1S/C15H15N3O/c16-12-13-4-6-14(7-5-13)15(19)17-8-3-11-18-9-1-2-10-18/h1-2,4-7,9-10H,3,8,11H2,(H,17,19). The number of nitrogens with one attached hydrogen (secondary N) is 1. The monoisotopic (exact) mass is 253 g/mol. The van der Waals surface area contributed by atoms with Gasteiger partial charge >= 0.3 is 0 Å². The molecule has 1 N–H and O–H groups in total. The maximum atomic E-state index is 11.8. The molecule has 1 heterocycles. The number of aromatic nitrogens is 1. The summed E-state index contributed by atoms with van der Waals surface area (Å²) < 4.78 is 2.08. The fraction of sp³-hybridized carbons (Fsp3) is 0.200. The van der Waals surface area contributed by atoms with Crippen LogP contribution in [0.5, 0.6) is 0 Å². The Kier molecular flexibility index (Phi) is 4.35. The molecule has 96 valence electrons. The van der Waals surface area contributed by atoms with Crippen LogP contribution in [0.15, 0.2) is 48.8 Å². The van der Waals surface area contributed by atoms with Gasteiger partial charge < -0.3 is 9.88 Å². The first kappa shape index (κ1) is 12.9. The Labute approximate surface area is 112 Å². The second kappa shape index (κ2) is 6.41. The van der Waals surface area contributed by atoms with E-state index in [0.29, 0.717) is 17.7 Å². The van der Waals surface area contributed by atoms with Crippen LogP contribution < -0.4 is 5.32 Å². The van der Waals surface area contributed by atoms with E-state index in [1.165, 1.54) is 0 Å². The van der Waals surface area contributed by atoms with E-state index in [9.17, 15) is 4.79 Å². The van der Waals surface area contributed by atoms with Crippen LogP contribution in [0.1, 0.15) is 22.3 Å². The molecule has 0 aliphatic heterocycles. The van der Waals surface area contributed by atoms with Gasteiger partial charge in [0.15, 0.2) is 0 Å². The quantitative estimate of drug-likeness (QED) is 0.830. The summed E-state index contributed by atoms with van der Waals surface area (Å²) in [5.41, 5.74) is 1.14. The number of carbonyl (C=O) groups excluding carboxylic acids is 1. The lowest BCUT2D eigenvalue weighted by molar-refractivity contribution is 0.0952. The van der Waals surface area contributed by atoms with Crippen molar-refractivity contribution >= 4 is 5.91 Å². The fourth-order valence-corrected chi connectivity index (χ4v) is 1.78. The maximum absolute atomic E-state index is 11.8. The van der Waals surface area contributed by atoms with Crippen molar-refractivity contribution in [2.24, 2.45) is 0 Å². The van der Waals surface area contributed by atoms with Gasteiger partial charge in [0.2, 0.25) is 0 Å². The molecule has 1 aromatic carbocycles. The molecule has 4 nitrogen and oxygen atoms in total. The van der Waals surface area contributed by atoms with E-state index < -0.39 is 0 Å². The number of carbonyl (C=O) groups is 1. The number of nitrogens with zero attached hydrogens (tertiary/aromatic N) is 2. The maximum Gasteiger partial charge on any atom is 0.251 e. The molecule has 0 spiro atoms. The molecule has 0 fully saturated rings. The number of hydrogen-bond acceptors (Lipinski definition) is 2.